The maximum atomic E-state index is 12.6. The second-order valence-corrected chi connectivity index (χ2v) is 6.63. The summed E-state index contributed by atoms with van der Waals surface area (Å²) in [6, 6.07) is 12.8. The monoisotopic (exact) mass is 367 g/mol. The highest BCUT2D eigenvalue weighted by Crippen LogP contribution is 2.17. The molecule has 1 atom stereocenters. The fraction of sp³-hybridized carbons (Fsp3) is 0.350. The van der Waals surface area contributed by atoms with Crippen LogP contribution in [0.1, 0.15) is 13.8 Å². The van der Waals surface area contributed by atoms with E-state index in [1.165, 1.54) is 6.92 Å². The number of aromatic nitrogens is 1. The van der Waals surface area contributed by atoms with Gasteiger partial charge in [0.1, 0.15) is 5.82 Å². The van der Waals surface area contributed by atoms with E-state index in [2.05, 4.69) is 25.4 Å². The molecule has 1 fully saturated rings. The molecule has 1 unspecified atom stereocenters. The lowest BCUT2D eigenvalue weighted by Crippen LogP contribution is -2.53. The molecule has 2 amide bonds. The Kier molecular flexibility index (Phi) is 6.03. The van der Waals surface area contributed by atoms with Gasteiger partial charge >= 0.3 is 0 Å². The number of piperazine rings is 1. The fourth-order valence-corrected chi connectivity index (χ4v) is 3.13. The van der Waals surface area contributed by atoms with Gasteiger partial charge in [-0.1, -0.05) is 6.07 Å². The number of anilines is 3. The van der Waals surface area contributed by atoms with Gasteiger partial charge in [-0.3, -0.25) is 14.5 Å². The zero-order valence-corrected chi connectivity index (χ0v) is 15.7. The van der Waals surface area contributed by atoms with Gasteiger partial charge in [0.15, 0.2) is 0 Å². The molecule has 3 rings (SSSR count). The molecule has 1 saturated heterocycles. The lowest BCUT2D eigenvalue weighted by molar-refractivity contribution is -0.121. The van der Waals surface area contributed by atoms with E-state index in [1.54, 1.807) is 30.5 Å². The average molecular weight is 367 g/mol. The summed E-state index contributed by atoms with van der Waals surface area (Å²) < 4.78 is 0. The third-order valence-electron chi connectivity index (χ3n) is 4.69. The standard InChI is InChI=1S/C20H25N5O2/c1-15(20(27)23-18-8-6-17(7-9-18)22-16(2)26)24-11-13-25(14-12-24)19-5-3-4-10-21-19/h3-10,15H,11-14H2,1-2H3,(H,22,26)(H,23,27). The van der Waals surface area contributed by atoms with Crippen molar-refractivity contribution in [3.63, 3.8) is 0 Å². The highest BCUT2D eigenvalue weighted by atomic mass is 16.2. The number of amides is 2. The van der Waals surface area contributed by atoms with E-state index in [1.807, 2.05) is 25.1 Å². The van der Waals surface area contributed by atoms with Crippen molar-refractivity contribution >= 4 is 29.0 Å². The minimum absolute atomic E-state index is 0.0337. The van der Waals surface area contributed by atoms with Gasteiger partial charge in [0.2, 0.25) is 11.8 Å². The number of carbonyl (C=O) groups is 2. The summed E-state index contributed by atoms with van der Waals surface area (Å²) in [5, 5.41) is 5.65. The van der Waals surface area contributed by atoms with Crippen LogP contribution in [0.2, 0.25) is 0 Å². The Bertz CT molecular complexity index is 771. The van der Waals surface area contributed by atoms with Crippen LogP contribution in [-0.4, -0.2) is 53.9 Å². The third kappa shape index (κ3) is 5.04. The predicted molar refractivity (Wildman–Crippen MR) is 107 cm³/mol. The summed E-state index contributed by atoms with van der Waals surface area (Å²) in [7, 11) is 0. The van der Waals surface area contributed by atoms with Crippen LogP contribution < -0.4 is 15.5 Å². The molecule has 7 heteroatoms. The Morgan fingerprint density at radius 3 is 2.15 bits per heavy atom. The number of nitrogens with one attached hydrogen (secondary N) is 2. The number of nitrogens with zero attached hydrogens (tertiary/aromatic N) is 3. The molecule has 7 nitrogen and oxygen atoms in total. The average Bonchev–Trinajstić information content (AvgIpc) is 2.69. The Morgan fingerprint density at radius 2 is 1.59 bits per heavy atom. The lowest BCUT2D eigenvalue weighted by atomic mass is 10.2. The van der Waals surface area contributed by atoms with Crippen LogP contribution in [0.3, 0.4) is 0 Å². The number of hydrogen-bond donors (Lipinski definition) is 2. The maximum absolute atomic E-state index is 12.6. The summed E-state index contributed by atoms with van der Waals surface area (Å²) >= 11 is 0. The molecule has 142 valence electrons. The molecule has 1 aliphatic rings. The van der Waals surface area contributed by atoms with Crippen LogP contribution in [0.5, 0.6) is 0 Å². The summed E-state index contributed by atoms with van der Waals surface area (Å²) in [4.78, 5) is 32.4. The van der Waals surface area contributed by atoms with E-state index >= 15 is 0 Å². The zero-order chi connectivity index (χ0) is 19.2. The molecule has 1 aliphatic heterocycles. The normalized spacial score (nSPS) is 15.9. The molecule has 2 aromatic rings. The molecule has 1 aromatic carbocycles. The number of rotatable bonds is 5. The van der Waals surface area contributed by atoms with Gasteiger partial charge in [-0.2, -0.15) is 0 Å². The molecule has 0 radical (unpaired) electrons. The molecule has 27 heavy (non-hydrogen) atoms. The molecule has 2 N–H and O–H groups in total. The Hall–Kier alpha value is -2.93. The van der Waals surface area contributed by atoms with E-state index < -0.39 is 0 Å². The number of benzene rings is 1. The van der Waals surface area contributed by atoms with Crippen molar-refractivity contribution in [1.82, 2.24) is 9.88 Å². The summed E-state index contributed by atoms with van der Waals surface area (Å²) in [5.74, 6) is 0.826. The van der Waals surface area contributed by atoms with Gasteiger partial charge in [-0.05, 0) is 43.3 Å². The minimum atomic E-state index is -0.217. The first-order valence-electron chi connectivity index (χ1n) is 9.11. The van der Waals surface area contributed by atoms with Crippen molar-refractivity contribution in [1.29, 1.82) is 0 Å². The topological polar surface area (TPSA) is 77.6 Å². The molecular weight excluding hydrogens is 342 g/mol. The largest absolute Gasteiger partial charge is 0.354 e. The molecule has 0 aliphatic carbocycles. The minimum Gasteiger partial charge on any atom is -0.354 e. The molecule has 0 bridgehead atoms. The van der Waals surface area contributed by atoms with Crippen LogP contribution >= 0.6 is 0 Å². The van der Waals surface area contributed by atoms with Gasteiger partial charge in [-0.15, -0.1) is 0 Å². The van der Waals surface area contributed by atoms with E-state index in [-0.39, 0.29) is 17.9 Å². The Morgan fingerprint density at radius 1 is 0.963 bits per heavy atom. The fourth-order valence-electron chi connectivity index (χ4n) is 3.13. The van der Waals surface area contributed by atoms with Crippen molar-refractivity contribution < 1.29 is 9.59 Å². The predicted octanol–water partition coefficient (Wildman–Crippen LogP) is 2.19. The van der Waals surface area contributed by atoms with Crippen LogP contribution in [0.4, 0.5) is 17.2 Å². The Balaban J connectivity index is 1.51. The first-order chi connectivity index (χ1) is 13.0. The lowest BCUT2D eigenvalue weighted by Gasteiger charge is -2.37. The van der Waals surface area contributed by atoms with E-state index in [9.17, 15) is 9.59 Å². The van der Waals surface area contributed by atoms with Crippen molar-refractivity contribution in [2.45, 2.75) is 19.9 Å². The SMILES string of the molecule is CC(=O)Nc1ccc(NC(=O)C(C)N2CCN(c3ccccn3)CC2)cc1. The van der Waals surface area contributed by atoms with E-state index in [0.717, 1.165) is 32.0 Å². The van der Waals surface area contributed by atoms with Crippen LogP contribution in [0, 0.1) is 0 Å². The summed E-state index contributed by atoms with van der Waals surface area (Å²) in [6.45, 7) is 6.71. The highest BCUT2D eigenvalue weighted by Gasteiger charge is 2.26. The van der Waals surface area contributed by atoms with E-state index in [0.29, 0.717) is 11.4 Å². The van der Waals surface area contributed by atoms with Crippen molar-refractivity contribution in [3.05, 3.63) is 48.7 Å². The third-order valence-corrected chi connectivity index (χ3v) is 4.69. The van der Waals surface area contributed by atoms with Gasteiger partial charge in [0.25, 0.3) is 0 Å². The smallest absolute Gasteiger partial charge is 0.241 e. The number of carbonyl (C=O) groups excluding carboxylic acids is 2. The van der Waals surface area contributed by atoms with Crippen LogP contribution in [0.15, 0.2) is 48.7 Å². The number of pyridine rings is 1. The summed E-state index contributed by atoms with van der Waals surface area (Å²) in [5.41, 5.74) is 1.42. The quantitative estimate of drug-likeness (QED) is 0.847. The van der Waals surface area contributed by atoms with Crippen molar-refractivity contribution in [2.24, 2.45) is 0 Å². The second kappa shape index (κ2) is 8.64. The summed E-state index contributed by atoms with van der Waals surface area (Å²) in [6.07, 6.45) is 1.80. The molecule has 2 heterocycles. The Labute approximate surface area is 159 Å². The van der Waals surface area contributed by atoms with Crippen molar-refractivity contribution in [3.8, 4) is 0 Å². The molecular formula is C20H25N5O2. The second-order valence-electron chi connectivity index (χ2n) is 6.63. The van der Waals surface area contributed by atoms with Gasteiger partial charge in [0, 0.05) is 50.7 Å². The maximum Gasteiger partial charge on any atom is 0.241 e. The molecule has 1 aromatic heterocycles. The zero-order valence-electron chi connectivity index (χ0n) is 15.7. The molecule has 0 saturated carbocycles. The van der Waals surface area contributed by atoms with Gasteiger partial charge < -0.3 is 15.5 Å². The van der Waals surface area contributed by atoms with Crippen LogP contribution in [-0.2, 0) is 9.59 Å². The number of hydrogen-bond acceptors (Lipinski definition) is 5. The van der Waals surface area contributed by atoms with Crippen molar-refractivity contribution in [2.75, 3.05) is 41.7 Å². The first-order valence-corrected chi connectivity index (χ1v) is 9.11. The highest BCUT2D eigenvalue weighted by molar-refractivity contribution is 5.95. The molecule has 0 spiro atoms. The van der Waals surface area contributed by atoms with Crippen LogP contribution in [0.25, 0.3) is 0 Å². The first kappa shape index (κ1) is 18.8. The van der Waals surface area contributed by atoms with Gasteiger partial charge in [-0.25, -0.2) is 4.98 Å². The van der Waals surface area contributed by atoms with E-state index in [4.69, 9.17) is 0 Å². The van der Waals surface area contributed by atoms with Gasteiger partial charge in [0.05, 0.1) is 6.04 Å².